The van der Waals surface area contributed by atoms with Crippen LogP contribution in [0.5, 0.6) is 0 Å². The molecular formula is C14H10Cl2N2O2S2. The van der Waals surface area contributed by atoms with Crippen molar-refractivity contribution in [1.82, 2.24) is 4.98 Å². The number of sulfonamides is 1. The van der Waals surface area contributed by atoms with Gasteiger partial charge in [-0.25, -0.2) is 13.4 Å². The number of fused-ring (bicyclic) bond motifs is 1. The maximum Gasteiger partial charge on any atom is 0.261 e. The van der Waals surface area contributed by atoms with Crippen LogP contribution in [0.4, 0.5) is 5.69 Å². The second kappa shape index (κ2) is 5.70. The molecule has 0 atom stereocenters. The van der Waals surface area contributed by atoms with Gasteiger partial charge in [-0.2, -0.15) is 0 Å². The third kappa shape index (κ3) is 3.20. The lowest BCUT2D eigenvalue weighted by Crippen LogP contribution is -2.12. The summed E-state index contributed by atoms with van der Waals surface area (Å²) in [6, 6.07) is 9.41. The minimum Gasteiger partial charge on any atom is -0.280 e. The van der Waals surface area contributed by atoms with Crippen molar-refractivity contribution in [3.63, 3.8) is 0 Å². The quantitative estimate of drug-likeness (QED) is 0.723. The molecule has 0 bridgehead atoms. The van der Waals surface area contributed by atoms with Gasteiger partial charge >= 0.3 is 0 Å². The number of hydrogen-bond donors (Lipinski definition) is 1. The van der Waals surface area contributed by atoms with E-state index in [0.29, 0.717) is 5.69 Å². The lowest BCUT2D eigenvalue weighted by atomic mass is 10.3. The van der Waals surface area contributed by atoms with E-state index in [-0.39, 0.29) is 14.9 Å². The predicted octanol–water partition coefficient (Wildman–Crippen LogP) is 4.71. The molecule has 114 valence electrons. The molecule has 3 rings (SSSR count). The van der Waals surface area contributed by atoms with Gasteiger partial charge in [0.25, 0.3) is 10.0 Å². The molecule has 3 aromatic rings. The number of anilines is 1. The summed E-state index contributed by atoms with van der Waals surface area (Å²) >= 11 is 13.3. The molecule has 0 aliphatic heterocycles. The molecular weight excluding hydrogens is 363 g/mol. The zero-order valence-corrected chi connectivity index (χ0v) is 14.4. The lowest BCUT2D eigenvalue weighted by molar-refractivity contribution is 0.601. The van der Waals surface area contributed by atoms with Crippen LogP contribution in [0, 0.1) is 6.92 Å². The summed E-state index contributed by atoms with van der Waals surface area (Å²) in [6.07, 6.45) is 0. The van der Waals surface area contributed by atoms with E-state index in [1.165, 1.54) is 18.2 Å². The van der Waals surface area contributed by atoms with Gasteiger partial charge in [0.15, 0.2) is 0 Å². The van der Waals surface area contributed by atoms with E-state index >= 15 is 0 Å². The SMILES string of the molecule is Cc1nc2cc(NS(=O)(=O)c3cc(Cl)cc(Cl)c3)ccc2s1. The van der Waals surface area contributed by atoms with Crippen LogP contribution in [0.3, 0.4) is 0 Å². The summed E-state index contributed by atoms with van der Waals surface area (Å²) in [7, 11) is -3.76. The number of thiazole rings is 1. The molecule has 0 saturated heterocycles. The fraction of sp³-hybridized carbons (Fsp3) is 0.0714. The van der Waals surface area contributed by atoms with E-state index in [4.69, 9.17) is 23.2 Å². The van der Waals surface area contributed by atoms with Crippen molar-refractivity contribution < 1.29 is 8.42 Å². The summed E-state index contributed by atoms with van der Waals surface area (Å²) in [5, 5.41) is 1.45. The number of halogens is 2. The Balaban J connectivity index is 1.98. The van der Waals surface area contributed by atoms with E-state index in [2.05, 4.69) is 9.71 Å². The molecule has 1 aromatic heterocycles. The average molecular weight is 373 g/mol. The largest absolute Gasteiger partial charge is 0.280 e. The molecule has 0 spiro atoms. The Labute approximate surface area is 141 Å². The molecule has 0 amide bonds. The highest BCUT2D eigenvalue weighted by atomic mass is 35.5. The third-order valence-electron chi connectivity index (χ3n) is 2.89. The predicted molar refractivity (Wildman–Crippen MR) is 91.6 cm³/mol. The summed E-state index contributed by atoms with van der Waals surface area (Å²) in [6.45, 7) is 1.91. The van der Waals surface area contributed by atoms with Gasteiger partial charge in [-0.15, -0.1) is 11.3 Å². The third-order valence-corrected chi connectivity index (χ3v) is 5.64. The minimum atomic E-state index is -3.76. The van der Waals surface area contributed by atoms with E-state index < -0.39 is 10.0 Å². The Bertz CT molecular complexity index is 948. The first-order chi connectivity index (χ1) is 10.3. The van der Waals surface area contributed by atoms with Gasteiger partial charge < -0.3 is 0 Å². The fourth-order valence-corrected chi connectivity index (χ4v) is 4.59. The van der Waals surface area contributed by atoms with Crippen molar-refractivity contribution in [2.24, 2.45) is 0 Å². The van der Waals surface area contributed by atoms with Crippen molar-refractivity contribution in [3.05, 3.63) is 51.5 Å². The van der Waals surface area contributed by atoms with Crippen LogP contribution in [-0.2, 0) is 10.0 Å². The zero-order valence-electron chi connectivity index (χ0n) is 11.3. The standard InChI is InChI=1S/C14H10Cl2N2O2S2/c1-8-17-13-7-11(2-3-14(13)21-8)18-22(19,20)12-5-9(15)4-10(16)6-12/h2-7,18H,1H3. The molecule has 0 fully saturated rings. The highest BCUT2D eigenvalue weighted by Crippen LogP contribution is 2.27. The molecule has 0 unspecified atom stereocenters. The molecule has 0 aliphatic rings. The molecule has 1 heterocycles. The van der Waals surface area contributed by atoms with Crippen LogP contribution >= 0.6 is 34.5 Å². The Kier molecular flexibility index (Phi) is 4.03. The number of nitrogens with one attached hydrogen (secondary N) is 1. The maximum atomic E-state index is 12.4. The Morgan fingerprint density at radius 3 is 2.45 bits per heavy atom. The molecule has 22 heavy (non-hydrogen) atoms. The van der Waals surface area contributed by atoms with E-state index in [1.807, 2.05) is 13.0 Å². The molecule has 4 nitrogen and oxygen atoms in total. The van der Waals surface area contributed by atoms with Gasteiger partial charge in [0.2, 0.25) is 0 Å². The van der Waals surface area contributed by atoms with Crippen LogP contribution in [-0.4, -0.2) is 13.4 Å². The zero-order chi connectivity index (χ0) is 15.9. The van der Waals surface area contributed by atoms with Gasteiger partial charge in [-0.3, -0.25) is 4.72 Å². The first-order valence-corrected chi connectivity index (χ1v) is 9.25. The van der Waals surface area contributed by atoms with Crippen LogP contribution in [0.2, 0.25) is 10.0 Å². The van der Waals surface area contributed by atoms with Crippen molar-refractivity contribution in [3.8, 4) is 0 Å². The van der Waals surface area contributed by atoms with Crippen molar-refractivity contribution in [2.75, 3.05) is 4.72 Å². The topological polar surface area (TPSA) is 59.1 Å². The fourth-order valence-electron chi connectivity index (χ4n) is 2.00. The summed E-state index contributed by atoms with van der Waals surface area (Å²) < 4.78 is 28.3. The molecule has 0 radical (unpaired) electrons. The average Bonchev–Trinajstić information content (AvgIpc) is 2.76. The Hall–Kier alpha value is -1.34. The molecule has 8 heteroatoms. The Morgan fingerprint density at radius 1 is 1.09 bits per heavy atom. The molecule has 2 aromatic carbocycles. The van der Waals surface area contributed by atoms with E-state index in [0.717, 1.165) is 15.2 Å². The van der Waals surface area contributed by atoms with E-state index in [9.17, 15) is 8.42 Å². The van der Waals surface area contributed by atoms with Crippen molar-refractivity contribution in [1.29, 1.82) is 0 Å². The lowest BCUT2D eigenvalue weighted by Gasteiger charge is -2.09. The van der Waals surface area contributed by atoms with Gasteiger partial charge in [0.1, 0.15) is 0 Å². The van der Waals surface area contributed by atoms with Crippen LogP contribution in [0.1, 0.15) is 5.01 Å². The smallest absolute Gasteiger partial charge is 0.261 e. The second-order valence-electron chi connectivity index (χ2n) is 4.63. The van der Waals surface area contributed by atoms with E-state index in [1.54, 1.807) is 23.5 Å². The van der Waals surface area contributed by atoms with Crippen LogP contribution < -0.4 is 4.72 Å². The highest BCUT2D eigenvalue weighted by molar-refractivity contribution is 7.92. The van der Waals surface area contributed by atoms with Crippen LogP contribution in [0.15, 0.2) is 41.3 Å². The summed E-state index contributed by atoms with van der Waals surface area (Å²) in [5.74, 6) is 0. The van der Waals surface area contributed by atoms with Gasteiger partial charge in [-0.1, -0.05) is 23.2 Å². The van der Waals surface area contributed by atoms with Gasteiger partial charge in [0.05, 0.1) is 25.8 Å². The molecule has 0 saturated carbocycles. The van der Waals surface area contributed by atoms with Crippen molar-refractivity contribution in [2.45, 2.75) is 11.8 Å². The first kappa shape index (κ1) is 15.6. The number of aryl methyl sites for hydroxylation is 1. The monoisotopic (exact) mass is 372 g/mol. The van der Waals surface area contributed by atoms with Crippen LogP contribution in [0.25, 0.3) is 10.2 Å². The number of hydrogen-bond acceptors (Lipinski definition) is 4. The number of rotatable bonds is 3. The number of benzene rings is 2. The summed E-state index contributed by atoms with van der Waals surface area (Å²) in [5.41, 5.74) is 1.20. The van der Waals surface area contributed by atoms with Gasteiger partial charge in [0, 0.05) is 10.0 Å². The Morgan fingerprint density at radius 2 is 1.77 bits per heavy atom. The maximum absolute atomic E-state index is 12.4. The first-order valence-electron chi connectivity index (χ1n) is 6.20. The minimum absolute atomic E-state index is 0.0135. The number of nitrogens with zero attached hydrogens (tertiary/aromatic N) is 1. The van der Waals surface area contributed by atoms with Gasteiger partial charge in [-0.05, 0) is 43.3 Å². The normalized spacial score (nSPS) is 11.8. The number of aromatic nitrogens is 1. The summed E-state index contributed by atoms with van der Waals surface area (Å²) in [4.78, 5) is 4.36. The van der Waals surface area contributed by atoms with Crippen molar-refractivity contribution >= 4 is 60.5 Å². The molecule has 1 N–H and O–H groups in total. The second-order valence-corrected chi connectivity index (χ2v) is 8.42. The highest BCUT2D eigenvalue weighted by Gasteiger charge is 2.16. The molecule has 0 aliphatic carbocycles.